The summed E-state index contributed by atoms with van der Waals surface area (Å²) in [4.78, 5) is 14.2. The Morgan fingerprint density at radius 1 is 1.68 bits per heavy atom. The van der Waals surface area contributed by atoms with Crippen LogP contribution in [0.3, 0.4) is 0 Å². The minimum atomic E-state index is -0.772. The Labute approximate surface area is 115 Å². The molecule has 1 unspecified atom stereocenters. The Morgan fingerprint density at radius 3 is 2.84 bits per heavy atom. The van der Waals surface area contributed by atoms with E-state index in [2.05, 4.69) is 5.32 Å². The number of nitriles is 1. The third kappa shape index (κ3) is 2.37. The number of nitrogens with zero attached hydrogens (tertiary/aromatic N) is 2. The predicted molar refractivity (Wildman–Crippen MR) is 74.3 cm³/mol. The molecule has 102 valence electrons. The van der Waals surface area contributed by atoms with E-state index in [4.69, 9.17) is 11.0 Å². The Bertz CT molecular complexity index is 559. The van der Waals surface area contributed by atoms with Crippen LogP contribution in [0.2, 0.25) is 0 Å². The molecule has 7 heteroatoms. The van der Waals surface area contributed by atoms with E-state index in [1.807, 2.05) is 11.0 Å². The van der Waals surface area contributed by atoms with Gasteiger partial charge in [0.2, 0.25) is 0 Å². The van der Waals surface area contributed by atoms with E-state index in [1.54, 1.807) is 6.92 Å². The number of hydrogen-bond acceptors (Lipinski definition) is 6. The minimum absolute atomic E-state index is 0.216. The van der Waals surface area contributed by atoms with Crippen LogP contribution in [-0.2, 0) is 0 Å². The fraction of sp³-hybridized carbons (Fsp3) is 0.500. The molecule has 0 spiro atoms. The zero-order chi connectivity index (χ0) is 14.2. The average molecular weight is 280 g/mol. The number of β-amino-alcohol motifs (C(OH)–C–C–N with tert-alkyl or cyclic N) is 1. The van der Waals surface area contributed by atoms with Gasteiger partial charge in [-0.05, 0) is 13.3 Å². The molecule has 6 nitrogen and oxygen atoms in total. The van der Waals surface area contributed by atoms with Crippen molar-refractivity contribution < 1.29 is 9.90 Å². The number of carbonyl (C=O) groups is 1. The lowest BCUT2D eigenvalue weighted by Gasteiger charge is -2.20. The van der Waals surface area contributed by atoms with Gasteiger partial charge in [0, 0.05) is 20.1 Å². The fourth-order valence-corrected chi connectivity index (χ4v) is 3.24. The number of nitrogens with one attached hydrogen (secondary N) is 1. The third-order valence-corrected chi connectivity index (χ3v) is 4.39. The zero-order valence-electron chi connectivity index (χ0n) is 10.9. The first-order valence-electron chi connectivity index (χ1n) is 5.91. The van der Waals surface area contributed by atoms with Crippen molar-refractivity contribution >= 4 is 27.9 Å². The third-order valence-electron chi connectivity index (χ3n) is 3.22. The molecule has 0 aromatic carbocycles. The molecule has 2 heterocycles. The summed E-state index contributed by atoms with van der Waals surface area (Å²) in [7, 11) is 1.52. The Balaban J connectivity index is 2.46. The molecule has 1 aromatic rings. The molecule has 1 fully saturated rings. The summed E-state index contributed by atoms with van der Waals surface area (Å²) < 4.78 is 0. The highest BCUT2D eigenvalue weighted by Gasteiger charge is 2.35. The molecule has 0 bridgehead atoms. The van der Waals surface area contributed by atoms with E-state index >= 15 is 0 Å². The van der Waals surface area contributed by atoms with E-state index < -0.39 is 5.60 Å². The van der Waals surface area contributed by atoms with Gasteiger partial charge in [0.25, 0.3) is 5.91 Å². The van der Waals surface area contributed by atoms with Gasteiger partial charge in [-0.15, -0.1) is 11.3 Å². The van der Waals surface area contributed by atoms with E-state index in [1.165, 1.54) is 18.4 Å². The van der Waals surface area contributed by atoms with Gasteiger partial charge < -0.3 is 21.1 Å². The molecule has 1 amide bonds. The largest absolute Gasteiger partial charge is 0.396 e. The maximum Gasteiger partial charge on any atom is 0.256 e. The number of aliphatic hydroxyl groups is 1. The lowest BCUT2D eigenvalue weighted by molar-refractivity contribution is 0.0838. The van der Waals surface area contributed by atoms with Gasteiger partial charge in [-0.1, -0.05) is 0 Å². The van der Waals surface area contributed by atoms with Crippen molar-refractivity contribution in [3.8, 4) is 6.07 Å². The molecule has 2 rings (SSSR count). The SMILES string of the molecule is CNC(=O)c1c(N2CCC(C)(O)C2)sc(C#N)c1N. The van der Waals surface area contributed by atoms with Crippen LogP contribution in [0.5, 0.6) is 0 Å². The molecule has 0 radical (unpaired) electrons. The second-order valence-electron chi connectivity index (χ2n) is 4.88. The molecule has 1 saturated heterocycles. The van der Waals surface area contributed by atoms with Crippen LogP contribution < -0.4 is 16.0 Å². The van der Waals surface area contributed by atoms with E-state index in [0.29, 0.717) is 35.0 Å². The van der Waals surface area contributed by atoms with Gasteiger partial charge in [-0.25, -0.2) is 0 Å². The summed E-state index contributed by atoms with van der Waals surface area (Å²) in [5, 5.41) is 22.2. The molecule has 4 N–H and O–H groups in total. The number of amides is 1. The number of hydrogen-bond donors (Lipinski definition) is 3. The standard InChI is InChI=1S/C12H16N4O2S/c1-12(18)3-4-16(6-12)11-8(10(17)15-2)9(14)7(5-13)19-11/h18H,3-4,6,14H2,1-2H3,(H,15,17). The van der Waals surface area contributed by atoms with Gasteiger partial charge >= 0.3 is 0 Å². The first-order valence-corrected chi connectivity index (χ1v) is 6.73. The smallest absolute Gasteiger partial charge is 0.256 e. The van der Waals surface area contributed by atoms with Crippen LogP contribution in [0.15, 0.2) is 0 Å². The number of thiophene rings is 1. The van der Waals surface area contributed by atoms with Gasteiger partial charge in [0.15, 0.2) is 0 Å². The summed E-state index contributed by atoms with van der Waals surface area (Å²) in [5.74, 6) is -0.309. The summed E-state index contributed by atoms with van der Waals surface area (Å²) in [6.07, 6.45) is 0.625. The molecule has 0 aliphatic carbocycles. The summed E-state index contributed by atoms with van der Waals surface area (Å²) in [5.41, 5.74) is 5.64. The highest BCUT2D eigenvalue weighted by atomic mass is 32.1. The highest BCUT2D eigenvalue weighted by molar-refractivity contribution is 7.17. The normalized spacial score (nSPS) is 22.3. The van der Waals surface area contributed by atoms with Crippen molar-refractivity contribution in [3.05, 3.63) is 10.4 Å². The summed E-state index contributed by atoms with van der Waals surface area (Å²) in [6.45, 7) is 2.83. The minimum Gasteiger partial charge on any atom is -0.396 e. The van der Waals surface area contributed by atoms with Gasteiger partial charge in [-0.2, -0.15) is 5.26 Å². The second-order valence-corrected chi connectivity index (χ2v) is 5.88. The summed E-state index contributed by atoms with van der Waals surface area (Å²) >= 11 is 1.20. The zero-order valence-corrected chi connectivity index (χ0v) is 11.7. The molecular formula is C12H16N4O2S. The Morgan fingerprint density at radius 2 is 2.37 bits per heavy atom. The van der Waals surface area contributed by atoms with Crippen LogP contribution in [0.4, 0.5) is 10.7 Å². The quantitative estimate of drug-likeness (QED) is 0.733. The van der Waals surface area contributed by atoms with Gasteiger partial charge in [-0.3, -0.25) is 4.79 Å². The van der Waals surface area contributed by atoms with Crippen LogP contribution >= 0.6 is 11.3 Å². The van der Waals surface area contributed by atoms with E-state index in [-0.39, 0.29) is 11.6 Å². The number of carbonyl (C=O) groups excluding carboxylic acids is 1. The monoisotopic (exact) mass is 280 g/mol. The first kappa shape index (κ1) is 13.6. The van der Waals surface area contributed by atoms with Crippen molar-refractivity contribution in [3.63, 3.8) is 0 Å². The maximum absolute atomic E-state index is 11.9. The lowest BCUT2D eigenvalue weighted by atomic mass is 10.1. The van der Waals surface area contributed by atoms with Crippen LogP contribution in [0.1, 0.15) is 28.6 Å². The molecule has 19 heavy (non-hydrogen) atoms. The van der Waals surface area contributed by atoms with Gasteiger partial charge in [0.1, 0.15) is 15.9 Å². The first-order chi connectivity index (χ1) is 8.89. The lowest BCUT2D eigenvalue weighted by Crippen LogP contribution is -2.30. The molecular weight excluding hydrogens is 264 g/mol. The molecule has 1 aliphatic heterocycles. The van der Waals surface area contributed by atoms with Crippen molar-refractivity contribution in [2.24, 2.45) is 0 Å². The van der Waals surface area contributed by atoms with Crippen LogP contribution in [0.25, 0.3) is 0 Å². The predicted octanol–water partition coefficient (Wildman–Crippen LogP) is 0.523. The second kappa shape index (κ2) is 4.72. The molecule has 1 atom stereocenters. The van der Waals surface area contributed by atoms with E-state index in [9.17, 15) is 9.90 Å². The highest BCUT2D eigenvalue weighted by Crippen LogP contribution is 2.40. The summed E-state index contributed by atoms with van der Waals surface area (Å²) in [6, 6.07) is 2.00. The van der Waals surface area contributed by atoms with Crippen LogP contribution in [-0.4, -0.2) is 36.8 Å². The van der Waals surface area contributed by atoms with Crippen molar-refractivity contribution in [2.45, 2.75) is 18.9 Å². The number of anilines is 2. The van der Waals surface area contributed by atoms with Gasteiger partial charge in [0.05, 0.1) is 16.9 Å². The van der Waals surface area contributed by atoms with Crippen LogP contribution in [0, 0.1) is 11.3 Å². The molecule has 0 saturated carbocycles. The Hall–Kier alpha value is -1.78. The fourth-order valence-electron chi connectivity index (χ4n) is 2.20. The topological polar surface area (TPSA) is 102 Å². The van der Waals surface area contributed by atoms with Crippen molar-refractivity contribution in [1.82, 2.24) is 5.32 Å². The number of rotatable bonds is 2. The maximum atomic E-state index is 11.9. The van der Waals surface area contributed by atoms with Crippen molar-refractivity contribution in [2.75, 3.05) is 30.8 Å². The Kier molecular flexibility index (Phi) is 3.39. The number of nitrogens with two attached hydrogens (primary N) is 1. The van der Waals surface area contributed by atoms with Crippen molar-refractivity contribution in [1.29, 1.82) is 5.26 Å². The molecule has 1 aliphatic rings. The van der Waals surface area contributed by atoms with E-state index in [0.717, 1.165) is 0 Å². The average Bonchev–Trinajstić information content (AvgIpc) is 2.88. The number of nitrogen functional groups attached to an aromatic ring is 1. The molecule has 1 aromatic heterocycles.